The largest absolute Gasteiger partial charge is 0.343 e. The first-order valence-corrected chi connectivity index (χ1v) is 10.9. The maximum atomic E-state index is 12.4. The van der Waals surface area contributed by atoms with Crippen molar-refractivity contribution in [2.45, 2.75) is 77.6 Å². The van der Waals surface area contributed by atoms with Gasteiger partial charge in [0.25, 0.3) is 0 Å². The van der Waals surface area contributed by atoms with Crippen LogP contribution < -0.4 is 0 Å². The molecule has 0 aliphatic carbocycles. The summed E-state index contributed by atoms with van der Waals surface area (Å²) in [7, 11) is 0. The van der Waals surface area contributed by atoms with Crippen LogP contribution in [0.5, 0.6) is 0 Å². The molecule has 0 bridgehead atoms. The summed E-state index contributed by atoms with van der Waals surface area (Å²) in [5.74, 6) is 1.92. The van der Waals surface area contributed by atoms with E-state index in [0.717, 1.165) is 37.9 Å². The molecule has 1 aliphatic rings. The number of rotatable bonds is 9. The number of likely N-dealkylation sites (tertiary alicyclic amines) is 1. The number of unbranched alkanes of at least 4 members (excludes halogenated alkanes) is 5. The number of hydrogen-bond acceptors (Lipinski definition) is 4. The fraction of sp³-hybridized carbons (Fsp3) is 0.609. The van der Waals surface area contributed by atoms with Crippen molar-refractivity contribution in [2.24, 2.45) is 0 Å². The first-order chi connectivity index (χ1) is 13.7. The Labute approximate surface area is 168 Å². The number of carbonyl (C=O) groups is 1. The van der Waals surface area contributed by atoms with Gasteiger partial charge < -0.3 is 9.42 Å². The van der Waals surface area contributed by atoms with Crippen LogP contribution in [0, 0.1) is 6.92 Å². The predicted octanol–water partition coefficient (Wildman–Crippen LogP) is 5.50. The number of nitrogens with zero attached hydrogens (tertiary/aromatic N) is 3. The van der Waals surface area contributed by atoms with Crippen LogP contribution in [0.25, 0.3) is 11.4 Å². The minimum absolute atomic E-state index is 0.254. The summed E-state index contributed by atoms with van der Waals surface area (Å²) in [6.07, 6.45) is 9.81. The highest BCUT2D eigenvalue weighted by Gasteiger charge is 2.27. The Kier molecular flexibility index (Phi) is 7.63. The fourth-order valence-electron chi connectivity index (χ4n) is 3.89. The van der Waals surface area contributed by atoms with Crippen molar-refractivity contribution >= 4 is 5.91 Å². The lowest BCUT2D eigenvalue weighted by Gasteiger charge is -2.30. The van der Waals surface area contributed by atoms with Crippen molar-refractivity contribution in [2.75, 3.05) is 13.1 Å². The van der Waals surface area contributed by atoms with Gasteiger partial charge in [0.15, 0.2) is 0 Å². The molecule has 1 aliphatic heterocycles. The lowest BCUT2D eigenvalue weighted by atomic mass is 9.96. The second-order valence-electron chi connectivity index (χ2n) is 8.00. The Bertz CT molecular complexity index is 748. The molecular formula is C23H33N3O2. The summed E-state index contributed by atoms with van der Waals surface area (Å²) in [6.45, 7) is 5.87. The van der Waals surface area contributed by atoms with Gasteiger partial charge in [-0.05, 0) is 32.3 Å². The summed E-state index contributed by atoms with van der Waals surface area (Å²) in [5.41, 5.74) is 2.17. The molecule has 3 rings (SSSR count). The average molecular weight is 384 g/mol. The molecule has 0 spiro atoms. The molecule has 0 saturated carbocycles. The third-order valence-electron chi connectivity index (χ3n) is 5.66. The highest BCUT2D eigenvalue weighted by atomic mass is 16.5. The van der Waals surface area contributed by atoms with Gasteiger partial charge in [-0.2, -0.15) is 4.98 Å². The maximum Gasteiger partial charge on any atom is 0.230 e. The van der Waals surface area contributed by atoms with Gasteiger partial charge in [0.05, 0.1) is 0 Å². The van der Waals surface area contributed by atoms with Crippen LogP contribution in [-0.2, 0) is 4.79 Å². The molecule has 2 heterocycles. The minimum atomic E-state index is 0.254. The fourth-order valence-corrected chi connectivity index (χ4v) is 3.89. The van der Waals surface area contributed by atoms with Crippen molar-refractivity contribution in [3.8, 4) is 11.4 Å². The minimum Gasteiger partial charge on any atom is -0.343 e. The van der Waals surface area contributed by atoms with Crippen LogP contribution in [-0.4, -0.2) is 34.0 Å². The molecule has 5 nitrogen and oxygen atoms in total. The third kappa shape index (κ3) is 5.66. The number of benzene rings is 1. The summed E-state index contributed by atoms with van der Waals surface area (Å²) in [5, 5.41) is 4.16. The molecule has 28 heavy (non-hydrogen) atoms. The second-order valence-corrected chi connectivity index (χ2v) is 8.00. The standard InChI is InChI=1S/C23H33N3O2/c1-3-4-5-6-7-8-12-21(27)26-15-13-19(14-16-26)23-24-22(25-28-23)20-11-9-10-18(2)17-20/h9-11,17,19H,3-8,12-16H2,1-2H3. The Morgan fingerprint density at radius 1 is 1.14 bits per heavy atom. The van der Waals surface area contributed by atoms with Gasteiger partial charge in [-0.1, -0.05) is 67.9 Å². The Morgan fingerprint density at radius 2 is 1.89 bits per heavy atom. The van der Waals surface area contributed by atoms with Gasteiger partial charge in [-0.25, -0.2) is 0 Å². The summed E-state index contributed by atoms with van der Waals surface area (Å²) < 4.78 is 5.54. The zero-order chi connectivity index (χ0) is 19.8. The van der Waals surface area contributed by atoms with Crippen molar-refractivity contribution in [3.63, 3.8) is 0 Å². The molecular weight excluding hydrogens is 350 g/mol. The number of hydrogen-bond donors (Lipinski definition) is 0. The van der Waals surface area contributed by atoms with E-state index in [4.69, 9.17) is 4.52 Å². The highest BCUT2D eigenvalue weighted by molar-refractivity contribution is 5.76. The molecule has 0 unspecified atom stereocenters. The molecule has 1 aromatic heterocycles. The lowest BCUT2D eigenvalue weighted by molar-refractivity contribution is -0.132. The van der Waals surface area contributed by atoms with Crippen molar-refractivity contribution in [1.29, 1.82) is 0 Å². The summed E-state index contributed by atoms with van der Waals surface area (Å²) in [4.78, 5) is 19.1. The smallest absolute Gasteiger partial charge is 0.230 e. The predicted molar refractivity (Wildman–Crippen MR) is 111 cm³/mol. The SMILES string of the molecule is CCCCCCCCC(=O)N1CCC(c2nc(-c3cccc(C)c3)no2)CC1. The Hall–Kier alpha value is -2.17. The van der Waals surface area contributed by atoms with E-state index < -0.39 is 0 Å². The monoisotopic (exact) mass is 383 g/mol. The average Bonchev–Trinajstić information content (AvgIpc) is 3.21. The highest BCUT2D eigenvalue weighted by Crippen LogP contribution is 2.29. The first kappa shape index (κ1) is 20.6. The van der Waals surface area contributed by atoms with Crippen LogP contribution in [0.4, 0.5) is 0 Å². The van der Waals surface area contributed by atoms with Crippen molar-refractivity contribution in [1.82, 2.24) is 15.0 Å². The molecule has 5 heteroatoms. The zero-order valence-corrected chi connectivity index (χ0v) is 17.3. The van der Waals surface area contributed by atoms with Crippen molar-refractivity contribution in [3.05, 3.63) is 35.7 Å². The van der Waals surface area contributed by atoms with E-state index in [1.807, 2.05) is 17.0 Å². The maximum absolute atomic E-state index is 12.4. The molecule has 1 amide bonds. The normalized spacial score (nSPS) is 15.1. The van der Waals surface area contributed by atoms with E-state index in [-0.39, 0.29) is 5.92 Å². The molecule has 152 valence electrons. The molecule has 0 atom stereocenters. The second kappa shape index (κ2) is 10.4. The number of aromatic nitrogens is 2. The molecule has 1 aromatic carbocycles. The molecule has 1 fully saturated rings. The zero-order valence-electron chi connectivity index (χ0n) is 17.3. The van der Waals surface area contributed by atoms with Gasteiger partial charge in [0.1, 0.15) is 0 Å². The van der Waals surface area contributed by atoms with E-state index in [2.05, 4.69) is 36.1 Å². The van der Waals surface area contributed by atoms with E-state index in [9.17, 15) is 4.79 Å². The topological polar surface area (TPSA) is 59.2 Å². The van der Waals surface area contributed by atoms with Crippen LogP contribution >= 0.6 is 0 Å². The molecule has 1 saturated heterocycles. The summed E-state index contributed by atoms with van der Waals surface area (Å²) in [6, 6.07) is 8.14. The first-order valence-electron chi connectivity index (χ1n) is 10.9. The number of aryl methyl sites for hydroxylation is 1. The van der Waals surface area contributed by atoms with Crippen LogP contribution in [0.15, 0.2) is 28.8 Å². The van der Waals surface area contributed by atoms with Crippen LogP contribution in [0.1, 0.15) is 82.1 Å². The van der Waals surface area contributed by atoms with E-state index in [0.29, 0.717) is 24.0 Å². The van der Waals surface area contributed by atoms with E-state index in [1.165, 1.54) is 37.7 Å². The Balaban J connectivity index is 1.43. The number of carbonyl (C=O) groups excluding carboxylic acids is 1. The number of piperidine rings is 1. The van der Waals surface area contributed by atoms with E-state index in [1.54, 1.807) is 0 Å². The van der Waals surface area contributed by atoms with Gasteiger partial charge in [-0.15, -0.1) is 0 Å². The van der Waals surface area contributed by atoms with Crippen LogP contribution in [0.2, 0.25) is 0 Å². The number of amides is 1. The van der Waals surface area contributed by atoms with Gasteiger partial charge in [0.2, 0.25) is 17.6 Å². The van der Waals surface area contributed by atoms with Gasteiger partial charge in [-0.3, -0.25) is 4.79 Å². The quantitative estimate of drug-likeness (QED) is 0.536. The van der Waals surface area contributed by atoms with Crippen molar-refractivity contribution < 1.29 is 9.32 Å². The van der Waals surface area contributed by atoms with E-state index >= 15 is 0 Å². The molecule has 0 radical (unpaired) electrons. The summed E-state index contributed by atoms with van der Waals surface area (Å²) >= 11 is 0. The lowest BCUT2D eigenvalue weighted by Crippen LogP contribution is -2.37. The third-order valence-corrected chi connectivity index (χ3v) is 5.66. The molecule has 2 aromatic rings. The molecule has 0 N–H and O–H groups in total. The van der Waals surface area contributed by atoms with Crippen LogP contribution in [0.3, 0.4) is 0 Å². The van der Waals surface area contributed by atoms with Gasteiger partial charge >= 0.3 is 0 Å². The Morgan fingerprint density at radius 3 is 2.64 bits per heavy atom. The van der Waals surface area contributed by atoms with Gasteiger partial charge in [0, 0.05) is 31.0 Å².